The number of nitrogens with one attached hydrogen (secondary N) is 2. The Hall–Kier alpha value is -1.47. The molecular formula is C18H21F3IN3O. The molecule has 4 nitrogen and oxygen atoms in total. The molecular weight excluding hydrogens is 458 g/mol. The highest BCUT2D eigenvalue weighted by atomic mass is 127. The standard InChI is InChI=1S/C18H20F3N3O.HI/c1-22-17(24-15-11-14-7-8-16(15)25-14)23-9-3-5-12-4-2-6-13(10-12)18(19,20)21;/h2,4,6,10,14-16H,7-9,11H2,1H3,(H2,22,23,24);1H. The third-order valence-electron chi connectivity index (χ3n) is 4.42. The highest BCUT2D eigenvalue weighted by molar-refractivity contribution is 14.0. The van der Waals surface area contributed by atoms with Crippen molar-refractivity contribution in [1.29, 1.82) is 0 Å². The van der Waals surface area contributed by atoms with Crippen LogP contribution in [0.25, 0.3) is 0 Å². The number of aliphatic imine (C=N–C) groups is 1. The first-order valence-electron chi connectivity index (χ1n) is 8.24. The van der Waals surface area contributed by atoms with Crippen molar-refractivity contribution in [1.82, 2.24) is 10.6 Å². The second kappa shape index (κ2) is 8.95. The van der Waals surface area contributed by atoms with Gasteiger partial charge in [0, 0.05) is 12.6 Å². The van der Waals surface area contributed by atoms with Gasteiger partial charge in [0.25, 0.3) is 0 Å². The van der Waals surface area contributed by atoms with Crippen molar-refractivity contribution in [2.24, 2.45) is 4.99 Å². The molecule has 8 heteroatoms. The number of hydrogen-bond donors (Lipinski definition) is 2. The van der Waals surface area contributed by atoms with Crippen LogP contribution in [0.5, 0.6) is 0 Å². The molecule has 2 heterocycles. The zero-order valence-electron chi connectivity index (χ0n) is 14.3. The van der Waals surface area contributed by atoms with E-state index in [1.54, 1.807) is 13.1 Å². The van der Waals surface area contributed by atoms with Gasteiger partial charge in [0.15, 0.2) is 5.96 Å². The second-order valence-corrected chi connectivity index (χ2v) is 6.17. The molecule has 0 aliphatic carbocycles. The Morgan fingerprint density at radius 3 is 2.77 bits per heavy atom. The minimum Gasteiger partial charge on any atom is -0.373 e. The van der Waals surface area contributed by atoms with Crippen LogP contribution in [0.1, 0.15) is 30.4 Å². The SMILES string of the molecule is CN=C(NCC#Cc1cccc(C(F)(F)F)c1)NC1CC2CCC1O2.I. The van der Waals surface area contributed by atoms with Crippen LogP contribution in [0.3, 0.4) is 0 Å². The largest absolute Gasteiger partial charge is 0.416 e. The first kappa shape index (κ1) is 20.8. The summed E-state index contributed by atoms with van der Waals surface area (Å²) in [6.07, 6.45) is -0.612. The summed E-state index contributed by atoms with van der Waals surface area (Å²) in [5.41, 5.74) is -0.359. The van der Waals surface area contributed by atoms with E-state index < -0.39 is 11.7 Å². The van der Waals surface area contributed by atoms with E-state index in [4.69, 9.17) is 4.74 Å². The molecule has 1 aromatic rings. The fourth-order valence-electron chi connectivity index (χ4n) is 3.21. The zero-order valence-corrected chi connectivity index (χ0v) is 16.6. The number of guanidine groups is 1. The van der Waals surface area contributed by atoms with Crippen LogP contribution in [0.4, 0.5) is 13.2 Å². The van der Waals surface area contributed by atoms with E-state index in [0.717, 1.165) is 31.4 Å². The van der Waals surface area contributed by atoms with Gasteiger partial charge in [-0.2, -0.15) is 13.2 Å². The lowest BCUT2D eigenvalue weighted by Crippen LogP contribution is -2.47. The van der Waals surface area contributed by atoms with Gasteiger partial charge >= 0.3 is 6.18 Å². The Morgan fingerprint density at radius 2 is 2.15 bits per heavy atom. The molecule has 2 saturated heterocycles. The molecule has 0 aromatic heterocycles. The smallest absolute Gasteiger partial charge is 0.373 e. The van der Waals surface area contributed by atoms with Gasteiger partial charge in [-0.3, -0.25) is 4.99 Å². The predicted octanol–water partition coefficient (Wildman–Crippen LogP) is 3.16. The Morgan fingerprint density at radius 1 is 1.35 bits per heavy atom. The van der Waals surface area contributed by atoms with Crippen molar-refractivity contribution in [3.63, 3.8) is 0 Å². The fourth-order valence-corrected chi connectivity index (χ4v) is 3.21. The van der Waals surface area contributed by atoms with Gasteiger partial charge in [0.05, 0.1) is 30.4 Å². The number of benzene rings is 1. The summed E-state index contributed by atoms with van der Waals surface area (Å²) >= 11 is 0. The van der Waals surface area contributed by atoms with E-state index in [0.29, 0.717) is 17.6 Å². The van der Waals surface area contributed by atoms with Gasteiger partial charge in [-0.1, -0.05) is 17.9 Å². The molecule has 0 amide bonds. The Balaban J connectivity index is 0.00000243. The summed E-state index contributed by atoms with van der Waals surface area (Å²) in [6.45, 7) is 0.289. The molecule has 2 fully saturated rings. The molecule has 0 radical (unpaired) electrons. The summed E-state index contributed by atoms with van der Waals surface area (Å²) in [5, 5.41) is 6.38. The number of halogens is 4. The molecule has 1 aromatic carbocycles. The summed E-state index contributed by atoms with van der Waals surface area (Å²) in [5.74, 6) is 6.19. The topological polar surface area (TPSA) is 45.7 Å². The van der Waals surface area contributed by atoms with E-state index >= 15 is 0 Å². The van der Waals surface area contributed by atoms with E-state index in [1.807, 2.05) is 0 Å². The van der Waals surface area contributed by atoms with Crippen LogP contribution in [-0.4, -0.2) is 37.8 Å². The van der Waals surface area contributed by atoms with Gasteiger partial charge in [0.2, 0.25) is 0 Å². The highest BCUT2D eigenvalue weighted by Crippen LogP contribution is 2.34. The Labute approximate surface area is 168 Å². The fraction of sp³-hybridized carbons (Fsp3) is 0.500. The maximum Gasteiger partial charge on any atom is 0.416 e. The summed E-state index contributed by atoms with van der Waals surface area (Å²) in [4.78, 5) is 4.15. The third kappa shape index (κ3) is 5.27. The van der Waals surface area contributed by atoms with Crippen LogP contribution >= 0.6 is 24.0 Å². The molecule has 3 unspecified atom stereocenters. The van der Waals surface area contributed by atoms with Gasteiger partial charge in [-0.05, 0) is 37.5 Å². The number of ether oxygens (including phenoxy) is 1. The number of nitrogens with zero attached hydrogens (tertiary/aromatic N) is 1. The van der Waals surface area contributed by atoms with Crippen LogP contribution < -0.4 is 10.6 Å². The minimum atomic E-state index is -4.36. The van der Waals surface area contributed by atoms with Crippen molar-refractivity contribution in [3.05, 3.63) is 35.4 Å². The molecule has 2 bridgehead atoms. The normalized spacial score (nSPS) is 24.5. The first-order valence-corrected chi connectivity index (χ1v) is 8.24. The van der Waals surface area contributed by atoms with Gasteiger partial charge in [-0.25, -0.2) is 0 Å². The second-order valence-electron chi connectivity index (χ2n) is 6.17. The highest BCUT2D eigenvalue weighted by Gasteiger charge is 2.41. The van der Waals surface area contributed by atoms with Crippen molar-refractivity contribution in [2.75, 3.05) is 13.6 Å². The molecule has 3 atom stereocenters. The Kier molecular flexibility index (Phi) is 7.17. The van der Waals surface area contributed by atoms with Crippen LogP contribution in [0.15, 0.2) is 29.3 Å². The molecule has 2 aliphatic rings. The monoisotopic (exact) mass is 479 g/mol. The van der Waals surface area contributed by atoms with E-state index in [1.165, 1.54) is 6.07 Å². The molecule has 0 saturated carbocycles. The van der Waals surface area contributed by atoms with Crippen molar-refractivity contribution in [3.8, 4) is 11.8 Å². The third-order valence-corrected chi connectivity index (χ3v) is 4.42. The summed E-state index contributed by atoms with van der Waals surface area (Å²) in [7, 11) is 1.67. The zero-order chi connectivity index (χ0) is 17.9. The lowest BCUT2D eigenvalue weighted by molar-refractivity contribution is -0.137. The van der Waals surface area contributed by atoms with Gasteiger partial charge < -0.3 is 15.4 Å². The van der Waals surface area contributed by atoms with Crippen LogP contribution in [0, 0.1) is 11.8 Å². The Bertz CT molecular complexity index is 712. The molecule has 3 rings (SSSR count). The number of hydrogen-bond acceptors (Lipinski definition) is 2. The van der Waals surface area contributed by atoms with Crippen molar-refractivity contribution < 1.29 is 17.9 Å². The van der Waals surface area contributed by atoms with Gasteiger partial charge in [-0.15, -0.1) is 24.0 Å². The average Bonchev–Trinajstić information content (AvgIpc) is 3.20. The number of rotatable bonds is 2. The van der Waals surface area contributed by atoms with Crippen molar-refractivity contribution in [2.45, 2.75) is 43.7 Å². The van der Waals surface area contributed by atoms with Crippen LogP contribution in [-0.2, 0) is 10.9 Å². The van der Waals surface area contributed by atoms with Gasteiger partial charge in [0.1, 0.15) is 0 Å². The first-order chi connectivity index (χ1) is 12.0. The quantitative estimate of drug-likeness (QED) is 0.297. The van der Waals surface area contributed by atoms with Crippen LogP contribution in [0.2, 0.25) is 0 Å². The summed E-state index contributed by atoms with van der Waals surface area (Å²) < 4.78 is 43.8. The minimum absolute atomic E-state index is 0. The van der Waals surface area contributed by atoms with E-state index in [9.17, 15) is 13.2 Å². The van der Waals surface area contributed by atoms with E-state index in [2.05, 4.69) is 27.5 Å². The molecule has 2 N–H and O–H groups in total. The number of alkyl halides is 3. The average molecular weight is 479 g/mol. The number of fused-ring (bicyclic) bond motifs is 2. The molecule has 26 heavy (non-hydrogen) atoms. The molecule has 2 aliphatic heterocycles. The predicted molar refractivity (Wildman–Crippen MR) is 105 cm³/mol. The lowest BCUT2D eigenvalue weighted by Gasteiger charge is -2.22. The molecule has 0 spiro atoms. The maximum atomic E-state index is 12.7. The summed E-state index contributed by atoms with van der Waals surface area (Å²) in [6, 6.07) is 5.25. The van der Waals surface area contributed by atoms with E-state index in [-0.39, 0.29) is 42.7 Å². The van der Waals surface area contributed by atoms with Crippen molar-refractivity contribution >= 4 is 29.9 Å². The lowest BCUT2D eigenvalue weighted by atomic mass is 9.96. The molecule has 142 valence electrons. The maximum absolute atomic E-state index is 12.7.